The second kappa shape index (κ2) is 4.55. The Morgan fingerprint density at radius 3 is 2.57 bits per heavy atom. The Bertz CT molecular complexity index is 272. The van der Waals surface area contributed by atoms with Crippen molar-refractivity contribution in [1.29, 1.82) is 0 Å². The summed E-state index contributed by atoms with van der Waals surface area (Å²) >= 11 is 0. The van der Waals surface area contributed by atoms with E-state index in [4.69, 9.17) is 0 Å². The summed E-state index contributed by atoms with van der Waals surface area (Å²) in [7, 11) is 0. The van der Waals surface area contributed by atoms with Crippen molar-refractivity contribution in [2.45, 2.75) is 46.1 Å². The highest BCUT2D eigenvalue weighted by molar-refractivity contribution is 5.05. The van der Waals surface area contributed by atoms with Crippen molar-refractivity contribution < 1.29 is 0 Å². The van der Waals surface area contributed by atoms with E-state index in [0.717, 1.165) is 30.8 Å². The Kier molecular flexibility index (Phi) is 3.63. The quantitative estimate of drug-likeness (QED) is 0.716. The molecular formula is C10H20N4. The Labute approximate surface area is 85.5 Å². The van der Waals surface area contributed by atoms with Crippen molar-refractivity contribution >= 4 is 0 Å². The van der Waals surface area contributed by atoms with Crippen LogP contribution in [0.3, 0.4) is 0 Å². The van der Waals surface area contributed by atoms with E-state index in [1.165, 1.54) is 0 Å². The van der Waals surface area contributed by atoms with Gasteiger partial charge in [0.05, 0.1) is 11.4 Å². The van der Waals surface area contributed by atoms with Crippen LogP contribution in [0.15, 0.2) is 0 Å². The van der Waals surface area contributed by atoms with E-state index in [1.807, 2.05) is 6.92 Å². The molecule has 1 aromatic heterocycles. The van der Waals surface area contributed by atoms with Crippen molar-refractivity contribution in [2.75, 3.05) is 6.54 Å². The molecule has 14 heavy (non-hydrogen) atoms. The van der Waals surface area contributed by atoms with Gasteiger partial charge >= 0.3 is 0 Å². The average Bonchev–Trinajstić information content (AvgIpc) is 2.44. The second-order valence-electron chi connectivity index (χ2n) is 4.66. The fourth-order valence-corrected chi connectivity index (χ4v) is 1.27. The van der Waals surface area contributed by atoms with Crippen molar-refractivity contribution in [3.63, 3.8) is 0 Å². The van der Waals surface area contributed by atoms with E-state index in [2.05, 4.69) is 41.5 Å². The van der Waals surface area contributed by atoms with Crippen molar-refractivity contribution in [1.82, 2.24) is 20.7 Å². The Morgan fingerprint density at radius 1 is 1.36 bits per heavy atom. The van der Waals surface area contributed by atoms with Crippen LogP contribution in [0.2, 0.25) is 0 Å². The van der Waals surface area contributed by atoms with Crippen LogP contribution in [0.25, 0.3) is 0 Å². The summed E-state index contributed by atoms with van der Waals surface area (Å²) in [6.07, 6.45) is 2.13. The zero-order valence-electron chi connectivity index (χ0n) is 9.52. The van der Waals surface area contributed by atoms with E-state index in [1.54, 1.807) is 0 Å². The fraction of sp³-hybridized carbons (Fsp3) is 0.800. The lowest BCUT2D eigenvalue weighted by molar-refractivity contribution is 0.422. The van der Waals surface area contributed by atoms with Crippen LogP contribution < -0.4 is 5.32 Å². The maximum absolute atomic E-state index is 3.92. The van der Waals surface area contributed by atoms with E-state index in [-0.39, 0.29) is 5.54 Å². The molecule has 0 radical (unpaired) electrons. The Balaban J connectivity index is 2.20. The summed E-state index contributed by atoms with van der Waals surface area (Å²) in [6, 6.07) is 0. The zero-order valence-corrected chi connectivity index (χ0v) is 9.52. The summed E-state index contributed by atoms with van der Waals surface area (Å²) in [5.41, 5.74) is 2.38. The van der Waals surface area contributed by atoms with E-state index in [0.29, 0.717) is 0 Å². The van der Waals surface area contributed by atoms with Gasteiger partial charge in [-0.1, -0.05) is 5.21 Å². The van der Waals surface area contributed by atoms with Gasteiger partial charge in [0.25, 0.3) is 0 Å². The second-order valence-corrected chi connectivity index (χ2v) is 4.66. The minimum Gasteiger partial charge on any atom is -0.312 e. The van der Waals surface area contributed by atoms with E-state index in [9.17, 15) is 0 Å². The van der Waals surface area contributed by atoms with Gasteiger partial charge in [0.15, 0.2) is 0 Å². The third kappa shape index (κ3) is 3.87. The predicted octanol–water partition coefficient (Wildman–Crippen LogP) is 1.43. The number of hydrogen-bond donors (Lipinski definition) is 2. The number of aryl methyl sites for hydroxylation is 2. The molecule has 0 aliphatic heterocycles. The van der Waals surface area contributed by atoms with Crippen molar-refractivity contribution in [2.24, 2.45) is 0 Å². The van der Waals surface area contributed by atoms with Gasteiger partial charge in [-0.05, 0) is 47.1 Å². The number of aromatic amines is 1. The molecule has 80 valence electrons. The van der Waals surface area contributed by atoms with Gasteiger partial charge in [0.1, 0.15) is 0 Å². The molecule has 1 rings (SSSR count). The summed E-state index contributed by atoms with van der Waals surface area (Å²) in [6.45, 7) is 9.54. The molecule has 0 saturated carbocycles. The molecule has 1 heterocycles. The SMILES string of the molecule is Cc1nn[nH]c1CCCNC(C)(C)C. The molecule has 4 heteroatoms. The smallest absolute Gasteiger partial charge is 0.0825 e. The van der Waals surface area contributed by atoms with Crippen LogP contribution >= 0.6 is 0 Å². The number of H-pyrrole nitrogens is 1. The first-order valence-corrected chi connectivity index (χ1v) is 5.10. The number of nitrogens with zero attached hydrogens (tertiary/aromatic N) is 2. The molecule has 0 saturated heterocycles. The average molecular weight is 196 g/mol. The van der Waals surface area contributed by atoms with Crippen molar-refractivity contribution in [3.8, 4) is 0 Å². The van der Waals surface area contributed by atoms with E-state index < -0.39 is 0 Å². The third-order valence-corrected chi connectivity index (χ3v) is 2.08. The molecule has 1 aromatic rings. The Morgan fingerprint density at radius 2 is 2.07 bits per heavy atom. The normalized spacial score (nSPS) is 12.0. The molecule has 0 unspecified atom stereocenters. The highest BCUT2D eigenvalue weighted by atomic mass is 15.3. The predicted molar refractivity (Wildman–Crippen MR) is 57.2 cm³/mol. The number of hydrogen-bond acceptors (Lipinski definition) is 3. The first-order chi connectivity index (χ1) is 6.49. The molecule has 0 atom stereocenters. The minimum absolute atomic E-state index is 0.210. The maximum atomic E-state index is 3.92. The van der Waals surface area contributed by atoms with Crippen LogP contribution in [-0.2, 0) is 6.42 Å². The standard InChI is InChI=1S/C10H20N4/c1-8-9(13-14-12-8)6-5-7-11-10(2,3)4/h11H,5-7H2,1-4H3,(H,12,13,14). The molecule has 4 nitrogen and oxygen atoms in total. The monoisotopic (exact) mass is 196 g/mol. The largest absolute Gasteiger partial charge is 0.312 e. The molecular weight excluding hydrogens is 176 g/mol. The lowest BCUT2D eigenvalue weighted by Gasteiger charge is -2.20. The molecule has 0 amide bonds. The fourth-order valence-electron chi connectivity index (χ4n) is 1.27. The van der Waals surface area contributed by atoms with Gasteiger partial charge in [0, 0.05) is 5.54 Å². The van der Waals surface area contributed by atoms with Crippen LogP contribution in [0.1, 0.15) is 38.6 Å². The topological polar surface area (TPSA) is 53.6 Å². The Hall–Kier alpha value is -0.900. The van der Waals surface area contributed by atoms with Crippen LogP contribution in [0.5, 0.6) is 0 Å². The van der Waals surface area contributed by atoms with Gasteiger partial charge in [-0.2, -0.15) is 0 Å². The molecule has 2 N–H and O–H groups in total. The number of aromatic nitrogens is 3. The molecule has 0 aliphatic rings. The van der Waals surface area contributed by atoms with Gasteiger partial charge in [-0.3, -0.25) is 5.10 Å². The van der Waals surface area contributed by atoms with Crippen molar-refractivity contribution in [3.05, 3.63) is 11.4 Å². The molecule has 0 bridgehead atoms. The van der Waals surface area contributed by atoms with E-state index >= 15 is 0 Å². The summed E-state index contributed by atoms with van der Waals surface area (Å²) in [4.78, 5) is 0. The lowest BCUT2D eigenvalue weighted by Crippen LogP contribution is -2.36. The summed E-state index contributed by atoms with van der Waals surface area (Å²) in [5, 5.41) is 14.0. The van der Waals surface area contributed by atoms with Gasteiger partial charge in [-0.25, -0.2) is 0 Å². The number of nitrogens with one attached hydrogen (secondary N) is 2. The van der Waals surface area contributed by atoms with Crippen LogP contribution in [0, 0.1) is 6.92 Å². The first-order valence-electron chi connectivity index (χ1n) is 5.10. The maximum Gasteiger partial charge on any atom is 0.0825 e. The molecule has 0 aliphatic carbocycles. The first kappa shape index (κ1) is 11.2. The number of rotatable bonds is 4. The zero-order chi connectivity index (χ0) is 10.6. The third-order valence-electron chi connectivity index (χ3n) is 2.08. The highest BCUT2D eigenvalue weighted by Crippen LogP contribution is 2.03. The minimum atomic E-state index is 0.210. The summed E-state index contributed by atoms with van der Waals surface area (Å²) in [5.74, 6) is 0. The molecule has 0 spiro atoms. The van der Waals surface area contributed by atoms with Gasteiger partial charge in [0.2, 0.25) is 0 Å². The van der Waals surface area contributed by atoms with Crippen LogP contribution in [-0.4, -0.2) is 27.5 Å². The van der Waals surface area contributed by atoms with Gasteiger partial charge < -0.3 is 5.32 Å². The molecule has 0 aromatic carbocycles. The van der Waals surface area contributed by atoms with Gasteiger partial charge in [-0.15, -0.1) is 5.10 Å². The lowest BCUT2D eigenvalue weighted by atomic mass is 10.1. The summed E-state index contributed by atoms with van der Waals surface area (Å²) < 4.78 is 0. The van der Waals surface area contributed by atoms with Crippen LogP contribution in [0.4, 0.5) is 0 Å². The molecule has 0 fully saturated rings. The highest BCUT2D eigenvalue weighted by Gasteiger charge is 2.08.